The number of ether oxygens (including phenoxy) is 5. The molecular formula is C27H32O16. The van der Waals surface area contributed by atoms with Crippen LogP contribution in [0.2, 0.25) is 0 Å². The summed E-state index contributed by atoms with van der Waals surface area (Å²) >= 11 is 0. The first-order valence-corrected chi connectivity index (χ1v) is 13.2. The number of aliphatic hydroxyl groups is 8. The number of Topliss-reactive ketones (excluding diaryl/α,β-unsaturated/α-hetero) is 1. The third kappa shape index (κ3) is 5.76. The van der Waals surface area contributed by atoms with Crippen molar-refractivity contribution in [3.8, 4) is 11.5 Å². The van der Waals surface area contributed by atoms with Crippen molar-refractivity contribution in [2.24, 2.45) is 5.92 Å². The van der Waals surface area contributed by atoms with E-state index < -0.39 is 115 Å². The normalized spacial score (nSPS) is 39.8. The molecule has 10 N–H and O–H groups in total. The average molecular weight is 613 g/mol. The van der Waals surface area contributed by atoms with E-state index in [2.05, 4.69) is 0 Å². The number of hydrogen-bond donors (Lipinski definition) is 10. The first kappa shape index (κ1) is 31.0. The van der Waals surface area contributed by atoms with Gasteiger partial charge in [0.25, 0.3) is 0 Å². The molecule has 6 unspecified atom stereocenters. The first-order valence-electron chi connectivity index (χ1n) is 13.2. The number of rotatable bonds is 6. The summed E-state index contributed by atoms with van der Waals surface area (Å²) in [7, 11) is 0. The fourth-order valence-electron chi connectivity index (χ4n) is 5.13. The Morgan fingerprint density at radius 1 is 0.814 bits per heavy atom. The molecule has 0 aromatic heterocycles. The van der Waals surface area contributed by atoms with Crippen molar-refractivity contribution in [2.75, 3.05) is 6.61 Å². The van der Waals surface area contributed by atoms with Gasteiger partial charge in [0.15, 0.2) is 23.5 Å². The number of allylic oxidation sites excluding steroid dienone is 2. The van der Waals surface area contributed by atoms with E-state index in [0.717, 1.165) is 24.3 Å². The minimum Gasteiger partial charge on any atom is -0.511 e. The van der Waals surface area contributed by atoms with Crippen LogP contribution in [0.4, 0.5) is 0 Å². The second-order valence-electron chi connectivity index (χ2n) is 10.6. The van der Waals surface area contributed by atoms with Crippen molar-refractivity contribution in [1.82, 2.24) is 0 Å². The van der Waals surface area contributed by atoms with E-state index in [0.29, 0.717) is 0 Å². The maximum absolute atomic E-state index is 13.6. The lowest BCUT2D eigenvalue weighted by Crippen LogP contribution is -2.61. The van der Waals surface area contributed by atoms with Gasteiger partial charge in [-0.3, -0.25) is 4.79 Å². The van der Waals surface area contributed by atoms with Crippen molar-refractivity contribution in [1.29, 1.82) is 0 Å². The number of fused-ring (bicyclic) bond motifs is 1. The molecule has 1 aromatic carbocycles. The highest BCUT2D eigenvalue weighted by molar-refractivity contribution is 6.04. The fraction of sp³-hybridized carbons (Fsp3) is 0.519. The molecule has 3 heterocycles. The second-order valence-corrected chi connectivity index (χ2v) is 10.6. The Morgan fingerprint density at radius 3 is 2.19 bits per heavy atom. The van der Waals surface area contributed by atoms with Crippen LogP contribution in [0.5, 0.6) is 11.5 Å². The van der Waals surface area contributed by atoms with Crippen LogP contribution in [-0.4, -0.2) is 131 Å². The number of ketones is 1. The minimum atomic E-state index is -1.95. The van der Waals surface area contributed by atoms with Gasteiger partial charge in [-0.1, -0.05) is 0 Å². The average Bonchev–Trinajstić information content (AvgIpc) is 2.96. The van der Waals surface area contributed by atoms with Crippen molar-refractivity contribution in [3.63, 3.8) is 0 Å². The molecule has 1 aromatic rings. The van der Waals surface area contributed by atoms with Gasteiger partial charge >= 0.3 is 0 Å². The van der Waals surface area contributed by atoms with E-state index in [9.17, 15) is 55.9 Å². The highest BCUT2D eigenvalue weighted by atomic mass is 16.7. The molecule has 2 fully saturated rings. The summed E-state index contributed by atoms with van der Waals surface area (Å²) in [5.41, 5.74) is 0.00287. The molecule has 0 saturated carbocycles. The lowest BCUT2D eigenvalue weighted by molar-refractivity contribution is -0.323. The molecule has 12 atom stereocenters. The molecule has 1 aliphatic carbocycles. The van der Waals surface area contributed by atoms with E-state index >= 15 is 0 Å². The van der Waals surface area contributed by atoms with Crippen LogP contribution in [0.25, 0.3) is 5.76 Å². The predicted molar refractivity (Wildman–Crippen MR) is 138 cm³/mol. The summed E-state index contributed by atoms with van der Waals surface area (Å²) in [5, 5.41) is 102. The highest BCUT2D eigenvalue weighted by Crippen LogP contribution is 2.41. The van der Waals surface area contributed by atoms with E-state index in [1.165, 1.54) is 13.0 Å². The maximum atomic E-state index is 13.6. The van der Waals surface area contributed by atoms with E-state index in [-0.39, 0.29) is 11.3 Å². The molecule has 236 valence electrons. The zero-order valence-corrected chi connectivity index (χ0v) is 22.4. The van der Waals surface area contributed by atoms with Crippen LogP contribution < -0.4 is 0 Å². The van der Waals surface area contributed by atoms with Crippen LogP contribution in [0, 0.1) is 5.92 Å². The standard InChI is InChI=1S/C27H32O16/c1-8-17(32)20(35)22(37)26(40-8)39-7-15-18(33)21(36)23(38)27(42-15)43-25-19(34)16-13(31)5-10(28)6-14(16)41-24(25)9-2-3-11(29)12(30)4-9/h2-6,8,14-18,20-23,26-33,35-38H,7H2,1H3/t8?,14?,15?,16?,17-,18+,20?,21?,22-,23-,26+,27-/m0/s1. The van der Waals surface area contributed by atoms with E-state index in [1.807, 2.05) is 0 Å². The van der Waals surface area contributed by atoms with Crippen LogP contribution in [0.3, 0.4) is 0 Å². The lowest BCUT2D eigenvalue weighted by Gasteiger charge is -2.43. The SMILES string of the molecule is CC1O[C@@H](OCC2O[C@@H](OC3=C(c4ccc(O)c(O)c4)OC4C=C(O)C=C(O)C4C3=O)[C@@H](O)C(O)[C@@H]2O)[C@@H](O)C(O)[C@H]1O. The number of carbonyl (C=O) groups excluding carboxylic acids is 1. The molecule has 4 aliphatic rings. The highest BCUT2D eigenvalue weighted by Gasteiger charge is 2.50. The monoisotopic (exact) mass is 612 g/mol. The van der Waals surface area contributed by atoms with Gasteiger partial charge < -0.3 is 74.7 Å². The van der Waals surface area contributed by atoms with Crippen molar-refractivity contribution >= 4 is 11.5 Å². The van der Waals surface area contributed by atoms with Gasteiger partial charge in [-0.2, -0.15) is 0 Å². The van der Waals surface area contributed by atoms with Gasteiger partial charge in [-0.15, -0.1) is 0 Å². The van der Waals surface area contributed by atoms with Gasteiger partial charge in [0.1, 0.15) is 66.3 Å². The smallest absolute Gasteiger partial charge is 0.229 e. The maximum Gasteiger partial charge on any atom is 0.229 e. The quantitative estimate of drug-likeness (QED) is 0.154. The number of aromatic hydroxyl groups is 2. The zero-order valence-electron chi connectivity index (χ0n) is 22.4. The van der Waals surface area contributed by atoms with Crippen LogP contribution in [0.15, 0.2) is 47.6 Å². The molecule has 16 nitrogen and oxygen atoms in total. The predicted octanol–water partition coefficient (Wildman–Crippen LogP) is -2.08. The number of phenols is 2. The van der Waals surface area contributed by atoms with Crippen LogP contribution in [0.1, 0.15) is 12.5 Å². The summed E-state index contributed by atoms with van der Waals surface area (Å²) in [4.78, 5) is 13.6. The third-order valence-corrected chi connectivity index (χ3v) is 7.62. The molecule has 0 bridgehead atoms. The van der Waals surface area contributed by atoms with Crippen LogP contribution in [-0.2, 0) is 28.5 Å². The number of hydrogen-bond acceptors (Lipinski definition) is 16. The number of aliphatic hydroxyl groups excluding tert-OH is 8. The summed E-state index contributed by atoms with van der Waals surface area (Å²) < 4.78 is 28.0. The van der Waals surface area contributed by atoms with Gasteiger partial charge in [0.2, 0.25) is 17.8 Å². The Morgan fingerprint density at radius 2 is 1.49 bits per heavy atom. The van der Waals surface area contributed by atoms with E-state index in [1.54, 1.807) is 0 Å². The molecule has 0 amide bonds. The minimum absolute atomic E-state index is 0.00287. The van der Waals surface area contributed by atoms with Gasteiger partial charge in [0.05, 0.1) is 12.7 Å². The summed E-state index contributed by atoms with van der Waals surface area (Å²) in [6, 6.07) is 3.40. The molecular weight excluding hydrogens is 580 g/mol. The van der Waals surface area contributed by atoms with Crippen molar-refractivity contribution in [2.45, 2.75) is 74.4 Å². The topological polar surface area (TPSA) is 266 Å². The Kier molecular flexibility index (Phi) is 8.59. The van der Waals surface area contributed by atoms with E-state index in [4.69, 9.17) is 23.7 Å². The number of carbonyl (C=O) groups is 1. The van der Waals surface area contributed by atoms with Gasteiger partial charge in [-0.25, -0.2) is 0 Å². The summed E-state index contributed by atoms with van der Waals surface area (Å²) in [5.74, 6) is -5.31. The molecule has 5 rings (SSSR count). The van der Waals surface area contributed by atoms with Gasteiger partial charge in [-0.05, 0) is 31.2 Å². The molecule has 0 radical (unpaired) electrons. The molecule has 2 saturated heterocycles. The Hall–Kier alpha value is -3.45. The van der Waals surface area contributed by atoms with Gasteiger partial charge in [0, 0.05) is 11.6 Å². The fourth-order valence-corrected chi connectivity index (χ4v) is 5.13. The lowest BCUT2D eigenvalue weighted by atomic mass is 9.86. The van der Waals surface area contributed by atoms with Crippen molar-refractivity contribution < 1.29 is 79.5 Å². The third-order valence-electron chi connectivity index (χ3n) is 7.62. The Balaban J connectivity index is 1.42. The molecule has 3 aliphatic heterocycles. The molecule has 0 spiro atoms. The molecule has 43 heavy (non-hydrogen) atoms. The molecule has 16 heteroatoms. The van der Waals surface area contributed by atoms with Crippen LogP contribution >= 0.6 is 0 Å². The second kappa shape index (κ2) is 11.9. The number of benzene rings is 1. The first-order chi connectivity index (χ1) is 20.3. The zero-order chi connectivity index (χ0) is 31.3. The largest absolute Gasteiger partial charge is 0.511 e. The number of phenolic OH excluding ortho intramolecular Hbond substituents is 2. The Bertz CT molecular complexity index is 1320. The van der Waals surface area contributed by atoms with Crippen molar-refractivity contribution in [3.05, 3.63) is 53.2 Å². The Labute approximate surface area is 243 Å². The summed E-state index contributed by atoms with van der Waals surface area (Å²) in [6.45, 7) is 0.831. The summed E-state index contributed by atoms with van der Waals surface area (Å²) in [6.07, 6.45) is -15.2.